The second-order valence-corrected chi connectivity index (χ2v) is 3.10. The molecule has 0 atom stereocenters. The third-order valence-electron chi connectivity index (χ3n) is 1.21. The van der Waals surface area contributed by atoms with Gasteiger partial charge in [0.1, 0.15) is 0 Å². The van der Waals surface area contributed by atoms with E-state index >= 15 is 0 Å². The van der Waals surface area contributed by atoms with Gasteiger partial charge in [-0.15, -0.1) is 0 Å². The average Bonchev–Trinajstić information content (AvgIpc) is 1.88. The molecule has 0 aliphatic heterocycles. The molecule has 0 spiro atoms. The first-order valence-electron chi connectivity index (χ1n) is 2.90. The van der Waals surface area contributed by atoms with Gasteiger partial charge in [-0.1, -0.05) is 0 Å². The van der Waals surface area contributed by atoms with Gasteiger partial charge in [-0.2, -0.15) is 0 Å². The molecule has 0 aromatic heterocycles. The van der Waals surface area contributed by atoms with Crippen LogP contribution in [0.2, 0.25) is 0 Å². The minimum absolute atomic E-state index is 1.15. The minimum atomic E-state index is 1.15. The predicted octanol–water partition coefficient (Wildman–Crippen LogP) is 1.69. The normalized spacial score (nSPS) is 9.22. The number of rotatable bonds is 1. The van der Waals surface area contributed by atoms with Gasteiger partial charge in [0, 0.05) is 0 Å². The van der Waals surface area contributed by atoms with Gasteiger partial charge < -0.3 is 0 Å². The third-order valence-corrected chi connectivity index (χ3v) is 2.41. The van der Waals surface area contributed by atoms with Crippen LogP contribution in [-0.2, 0) is 23.9 Å². The van der Waals surface area contributed by atoms with Crippen LogP contribution in [0.3, 0.4) is 0 Å². The Kier molecular flexibility index (Phi) is 2.52. The van der Waals surface area contributed by atoms with E-state index in [0.717, 1.165) is 23.9 Å². The fourth-order valence-electron chi connectivity index (χ4n) is 0.760. The van der Waals surface area contributed by atoms with Gasteiger partial charge in [-0.25, -0.2) is 0 Å². The van der Waals surface area contributed by atoms with Crippen molar-refractivity contribution >= 4 is 3.76 Å². The van der Waals surface area contributed by atoms with E-state index in [9.17, 15) is 0 Å². The van der Waals surface area contributed by atoms with Crippen molar-refractivity contribution in [2.75, 3.05) is 0 Å². The fourth-order valence-corrected chi connectivity index (χ4v) is 1.40. The molecule has 0 aliphatic carbocycles. The van der Waals surface area contributed by atoms with Gasteiger partial charge in [0.25, 0.3) is 0 Å². The van der Waals surface area contributed by atoms with E-state index in [1.165, 1.54) is 11.1 Å². The zero-order valence-electron chi connectivity index (χ0n) is 5.39. The molecule has 9 heavy (non-hydrogen) atoms. The van der Waals surface area contributed by atoms with Crippen LogP contribution in [0.4, 0.5) is 0 Å². The summed E-state index contributed by atoms with van der Waals surface area (Å²) in [6.07, 6.45) is 0. The van der Waals surface area contributed by atoms with Crippen molar-refractivity contribution in [1.29, 1.82) is 0 Å². The quantitative estimate of drug-likeness (QED) is 0.688. The molecule has 0 nitrogen and oxygen atoms in total. The molecule has 0 saturated carbocycles. The van der Waals surface area contributed by atoms with Crippen LogP contribution in [-0.4, -0.2) is 3.76 Å². The molecule has 1 aromatic carbocycles. The fraction of sp³-hybridized carbons (Fsp3) is 0.125. The molecular weight excluding hydrogens is 275 g/mol. The Labute approximate surface area is 70.0 Å². The van der Waals surface area contributed by atoms with E-state index in [2.05, 4.69) is 34.9 Å². The summed E-state index contributed by atoms with van der Waals surface area (Å²) in [7, 11) is 0. The summed E-state index contributed by atoms with van der Waals surface area (Å²) in [5.74, 6) is 0. The maximum absolute atomic E-state index is 2.24. The second-order valence-electron chi connectivity index (χ2n) is 2.06. The first kappa shape index (κ1) is 7.07. The molecule has 42 valence electrons. The van der Waals surface area contributed by atoms with E-state index in [0.29, 0.717) is 0 Å². The Balaban J connectivity index is 3.07. The van der Waals surface area contributed by atoms with Crippen LogP contribution < -0.4 is 0 Å². The molecule has 0 amide bonds. The van der Waals surface area contributed by atoms with Crippen LogP contribution in [0, 0.1) is 6.92 Å². The molecule has 1 heteroatoms. The number of benzene rings is 1. The van der Waals surface area contributed by atoms with Gasteiger partial charge in [0.05, 0.1) is 0 Å². The Hall–Kier alpha value is -0.0399. The first-order valence-corrected chi connectivity index (χ1v) is 4.97. The molecule has 1 aromatic rings. The van der Waals surface area contributed by atoms with Crippen LogP contribution in [0.1, 0.15) is 11.1 Å². The standard InChI is InChI=1S/C8H8.Hf/c1-7-4-3-5-8(2)6-7;/h1,3-6H,2H3;/q;+2. The van der Waals surface area contributed by atoms with Crippen molar-refractivity contribution in [2.24, 2.45) is 0 Å². The van der Waals surface area contributed by atoms with Crippen molar-refractivity contribution in [3.63, 3.8) is 0 Å². The summed E-state index contributed by atoms with van der Waals surface area (Å²) in [6, 6.07) is 8.56. The van der Waals surface area contributed by atoms with Gasteiger partial charge in [-0.05, 0) is 0 Å². The third kappa shape index (κ3) is 1.98. The van der Waals surface area contributed by atoms with E-state index in [-0.39, 0.29) is 0 Å². The number of hydrogen-bond acceptors (Lipinski definition) is 0. The zero-order valence-corrected chi connectivity index (χ0v) is 8.98. The van der Waals surface area contributed by atoms with Gasteiger partial charge in [0.15, 0.2) is 0 Å². The molecule has 1 rings (SSSR count). The van der Waals surface area contributed by atoms with Crippen LogP contribution >= 0.6 is 0 Å². The van der Waals surface area contributed by atoms with Crippen LogP contribution in [0.25, 0.3) is 0 Å². The molecule has 0 N–H and O–H groups in total. The summed E-state index contributed by atoms with van der Waals surface area (Å²) in [5, 5.41) is 0. The number of hydrogen-bond donors (Lipinski definition) is 0. The average molecular weight is 283 g/mol. The molecular formula is C8H8Hf+2. The number of aryl methyl sites for hydroxylation is 1. The van der Waals surface area contributed by atoms with E-state index in [4.69, 9.17) is 0 Å². The maximum atomic E-state index is 2.24. The van der Waals surface area contributed by atoms with Crippen LogP contribution in [0.15, 0.2) is 24.3 Å². The Morgan fingerprint density at radius 1 is 1.44 bits per heavy atom. The van der Waals surface area contributed by atoms with Crippen molar-refractivity contribution in [3.8, 4) is 0 Å². The monoisotopic (exact) mass is 284 g/mol. The molecule has 0 radical (unpaired) electrons. The molecule has 0 unspecified atom stereocenters. The van der Waals surface area contributed by atoms with E-state index in [1.807, 2.05) is 0 Å². The van der Waals surface area contributed by atoms with Crippen molar-refractivity contribution in [3.05, 3.63) is 35.4 Å². The second kappa shape index (κ2) is 3.21. The summed E-state index contributed by atoms with van der Waals surface area (Å²) in [4.78, 5) is 0. The molecule has 0 bridgehead atoms. The van der Waals surface area contributed by atoms with Crippen molar-refractivity contribution < 1.29 is 23.9 Å². The topological polar surface area (TPSA) is 0 Å². The van der Waals surface area contributed by atoms with Gasteiger partial charge in [-0.3, -0.25) is 0 Å². The molecule has 0 fully saturated rings. The van der Waals surface area contributed by atoms with E-state index < -0.39 is 0 Å². The van der Waals surface area contributed by atoms with Gasteiger partial charge >= 0.3 is 70.0 Å². The summed E-state index contributed by atoms with van der Waals surface area (Å²) in [5.41, 5.74) is 2.71. The van der Waals surface area contributed by atoms with E-state index in [1.54, 1.807) is 0 Å². The Bertz CT molecular complexity index is 216. The summed E-state index contributed by atoms with van der Waals surface area (Å²) >= 11 is 1.15. The van der Waals surface area contributed by atoms with Gasteiger partial charge in [0.2, 0.25) is 0 Å². The first-order chi connectivity index (χ1) is 4.33. The SMILES string of the molecule is Cc1cccc([CH]=[Hf+2])c1. The molecule has 0 saturated heterocycles. The zero-order chi connectivity index (χ0) is 6.69. The summed E-state index contributed by atoms with van der Waals surface area (Å²) in [6.45, 7) is 2.12. The summed E-state index contributed by atoms with van der Waals surface area (Å²) < 4.78 is 2.24. The van der Waals surface area contributed by atoms with Crippen molar-refractivity contribution in [1.82, 2.24) is 0 Å². The molecule has 0 heterocycles. The Morgan fingerprint density at radius 2 is 2.22 bits per heavy atom. The Morgan fingerprint density at radius 3 is 2.67 bits per heavy atom. The predicted molar refractivity (Wildman–Crippen MR) is 36.3 cm³/mol. The molecule has 0 aliphatic rings. The van der Waals surface area contributed by atoms with Crippen LogP contribution in [0.5, 0.6) is 0 Å². The van der Waals surface area contributed by atoms with Crippen molar-refractivity contribution in [2.45, 2.75) is 6.92 Å².